The van der Waals surface area contributed by atoms with Crippen LogP contribution in [-0.2, 0) is 13.9 Å². The maximum atomic E-state index is 12.3. The first-order valence-corrected chi connectivity index (χ1v) is 17.3. The summed E-state index contributed by atoms with van der Waals surface area (Å²) in [6.07, 6.45) is 3.16. The molecule has 0 atom stereocenters. The first kappa shape index (κ1) is 29.7. The van der Waals surface area contributed by atoms with E-state index >= 15 is 0 Å². The van der Waals surface area contributed by atoms with E-state index in [1.165, 1.54) is 4.90 Å². The van der Waals surface area contributed by atoms with Crippen molar-refractivity contribution in [3.63, 3.8) is 0 Å². The molecule has 0 N–H and O–H groups in total. The van der Waals surface area contributed by atoms with E-state index in [0.717, 1.165) is 40.4 Å². The minimum atomic E-state index is -2.01. The fourth-order valence-electron chi connectivity index (χ4n) is 3.11. The first-order chi connectivity index (χ1) is 16.6. The Morgan fingerprint density at radius 3 is 2.06 bits per heavy atom. The summed E-state index contributed by atoms with van der Waals surface area (Å²) in [4.78, 5) is 13.5. The molecule has 2 aromatic rings. The molecule has 4 nitrogen and oxygen atoms in total. The van der Waals surface area contributed by atoms with Crippen LogP contribution in [0, 0.1) is 0 Å². The van der Waals surface area contributed by atoms with Crippen LogP contribution in [0.15, 0.2) is 59.5 Å². The van der Waals surface area contributed by atoms with Crippen LogP contribution in [0.1, 0.15) is 44.7 Å². The van der Waals surface area contributed by atoms with E-state index in [-0.39, 0.29) is 11.6 Å². The zero-order valence-electron chi connectivity index (χ0n) is 21.9. The van der Waals surface area contributed by atoms with Crippen LogP contribution in [0.4, 0.5) is 4.79 Å². The highest BCUT2D eigenvalue weighted by Crippen LogP contribution is 2.38. The van der Waals surface area contributed by atoms with E-state index in [9.17, 15) is 4.79 Å². The summed E-state index contributed by atoms with van der Waals surface area (Å²) in [5.41, 5.74) is 4.02. The molecule has 0 saturated heterocycles. The van der Waals surface area contributed by atoms with Gasteiger partial charge in [0.25, 0.3) is 0 Å². The largest absolute Gasteiger partial charge is 0.508 e. The summed E-state index contributed by atoms with van der Waals surface area (Å²) in [6, 6.07) is 18.6. The Balaban J connectivity index is 2.43. The van der Waals surface area contributed by atoms with E-state index in [0.29, 0.717) is 13.2 Å². The van der Waals surface area contributed by atoms with Gasteiger partial charge in [0.2, 0.25) is 0 Å². The second-order valence-electron chi connectivity index (χ2n) is 9.88. The van der Waals surface area contributed by atoms with Gasteiger partial charge in [-0.15, -0.1) is 11.8 Å². The molecule has 0 fully saturated rings. The number of benzene rings is 2. The van der Waals surface area contributed by atoms with E-state index in [1.54, 1.807) is 11.8 Å². The molecule has 192 valence electrons. The molecule has 2 aromatic carbocycles. The summed E-state index contributed by atoms with van der Waals surface area (Å²) in [7, 11) is -2.01. The Labute approximate surface area is 225 Å². The number of ether oxygens (including phenoxy) is 2. The van der Waals surface area contributed by atoms with Gasteiger partial charge in [-0.05, 0) is 66.1 Å². The van der Waals surface area contributed by atoms with Gasteiger partial charge in [0, 0.05) is 15.8 Å². The second-order valence-corrected chi connectivity index (χ2v) is 16.4. The van der Waals surface area contributed by atoms with Crippen molar-refractivity contribution in [1.29, 1.82) is 0 Å². The number of carbonyl (C=O) groups excluding carboxylic acids is 1. The van der Waals surface area contributed by atoms with Crippen LogP contribution in [0.2, 0.25) is 18.1 Å². The van der Waals surface area contributed by atoms with Crippen molar-refractivity contribution in [3.8, 4) is 0 Å². The average molecular weight is 580 g/mol. The number of hydrogen-bond donors (Lipinski definition) is 0. The third-order valence-corrected chi connectivity index (χ3v) is 12.2. The maximum Gasteiger partial charge on any atom is 0.508 e. The Morgan fingerprint density at radius 1 is 0.886 bits per heavy atom. The minimum Gasteiger partial charge on any atom is -0.434 e. The molecule has 0 heterocycles. The number of alkyl halides is 1. The summed E-state index contributed by atoms with van der Waals surface area (Å²) in [5, 5.41) is 0.976. The van der Waals surface area contributed by atoms with Gasteiger partial charge in [-0.1, -0.05) is 79.2 Å². The van der Waals surface area contributed by atoms with Gasteiger partial charge < -0.3 is 13.9 Å². The highest BCUT2D eigenvalue weighted by molar-refractivity contribution is 9.09. The van der Waals surface area contributed by atoms with Gasteiger partial charge >= 0.3 is 6.16 Å². The topological polar surface area (TPSA) is 44.8 Å². The van der Waals surface area contributed by atoms with Crippen LogP contribution in [0.5, 0.6) is 0 Å². The van der Waals surface area contributed by atoms with Crippen molar-refractivity contribution in [2.45, 2.75) is 56.6 Å². The predicted molar refractivity (Wildman–Crippen MR) is 155 cm³/mol. The summed E-state index contributed by atoms with van der Waals surface area (Å²) in [5.74, 6) is 0. The lowest BCUT2D eigenvalue weighted by Gasteiger charge is -2.36. The third kappa shape index (κ3) is 9.45. The van der Waals surface area contributed by atoms with Crippen LogP contribution in [0.25, 0.3) is 11.1 Å². The minimum absolute atomic E-state index is 0.0877. The monoisotopic (exact) mass is 578 g/mol. The molecule has 35 heavy (non-hydrogen) atoms. The van der Waals surface area contributed by atoms with Gasteiger partial charge in [-0.3, -0.25) is 0 Å². The standard InChI is InChI=1S/C28H39BrO4SSi/c1-28(2,3)35(5,6)33-21-26(22-12-8-7-9-13-22)25(23-14-16-24(34-4)17-15-23)20-32-27(30)31-19-11-10-18-29/h7-9,12-17H,10-11,18-21H2,1-6H3/b26-25-. The number of carbonyl (C=O) groups is 1. The fraction of sp³-hybridized carbons (Fsp3) is 0.464. The zero-order chi connectivity index (χ0) is 25.9. The van der Waals surface area contributed by atoms with Crippen molar-refractivity contribution in [3.05, 3.63) is 65.7 Å². The zero-order valence-corrected chi connectivity index (χ0v) is 25.3. The lowest BCUT2D eigenvalue weighted by atomic mass is 9.95. The molecule has 0 bridgehead atoms. The predicted octanol–water partition coefficient (Wildman–Crippen LogP) is 8.67. The van der Waals surface area contributed by atoms with Crippen LogP contribution in [0.3, 0.4) is 0 Å². The second kappa shape index (κ2) is 14.3. The van der Waals surface area contributed by atoms with Crippen molar-refractivity contribution in [2.24, 2.45) is 0 Å². The maximum absolute atomic E-state index is 12.3. The van der Waals surface area contributed by atoms with Gasteiger partial charge in [0.1, 0.15) is 6.61 Å². The Hall–Kier alpha value is -1.54. The molecule has 0 radical (unpaired) electrons. The quantitative estimate of drug-likeness (QED) is 0.0629. The molecule has 0 aliphatic carbocycles. The highest BCUT2D eigenvalue weighted by atomic mass is 79.9. The smallest absolute Gasteiger partial charge is 0.434 e. The normalized spacial score (nSPS) is 12.8. The van der Waals surface area contributed by atoms with E-state index in [4.69, 9.17) is 13.9 Å². The van der Waals surface area contributed by atoms with Crippen molar-refractivity contribution in [2.75, 3.05) is 31.4 Å². The molecule has 7 heteroatoms. The third-order valence-electron chi connectivity index (χ3n) is 6.39. The molecule has 2 rings (SSSR count). The van der Waals surface area contributed by atoms with Crippen molar-refractivity contribution in [1.82, 2.24) is 0 Å². The summed E-state index contributed by atoms with van der Waals surface area (Å²) < 4.78 is 17.6. The molecular formula is C28H39BrO4SSi. The fourth-order valence-corrected chi connectivity index (χ4v) is 4.86. The van der Waals surface area contributed by atoms with Crippen LogP contribution >= 0.6 is 27.7 Å². The lowest BCUT2D eigenvalue weighted by molar-refractivity contribution is 0.0637. The average Bonchev–Trinajstić information content (AvgIpc) is 2.83. The molecule has 0 aromatic heterocycles. The van der Waals surface area contributed by atoms with Crippen LogP contribution in [-0.4, -0.2) is 45.9 Å². The van der Waals surface area contributed by atoms with Gasteiger partial charge in [0.15, 0.2) is 8.32 Å². The molecular weight excluding hydrogens is 540 g/mol. The summed E-state index contributed by atoms with van der Waals surface area (Å²) in [6.45, 7) is 12.1. The van der Waals surface area contributed by atoms with Gasteiger partial charge in [-0.25, -0.2) is 4.79 Å². The Bertz CT molecular complexity index is 953. The number of unbranched alkanes of at least 4 members (excludes halogenated alkanes) is 1. The van der Waals surface area contributed by atoms with E-state index in [1.807, 2.05) is 18.2 Å². The number of thioether (sulfide) groups is 1. The number of rotatable bonds is 12. The Morgan fingerprint density at radius 2 is 1.49 bits per heavy atom. The van der Waals surface area contributed by atoms with Crippen molar-refractivity contribution >= 4 is 53.3 Å². The molecule has 0 aliphatic heterocycles. The molecule has 0 unspecified atom stereocenters. The van der Waals surface area contributed by atoms with Crippen LogP contribution < -0.4 is 0 Å². The highest BCUT2D eigenvalue weighted by Gasteiger charge is 2.37. The Kier molecular flexibility index (Phi) is 12.1. The number of hydrogen-bond acceptors (Lipinski definition) is 5. The molecule has 0 saturated carbocycles. The van der Waals surface area contributed by atoms with E-state index in [2.05, 4.69) is 92.4 Å². The molecule has 0 spiro atoms. The SMILES string of the molecule is CSc1ccc(/C(COC(=O)OCCCCBr)=C(/CO[Si](C)(C)C(C)(C)C)c2ccccc2)cc1. The van der Waals surface area contributed by atoms with E-state index < -0.39 is 14.5 Å². The van der Waals surface area contributed by atoms with Gasteiger partial charge in [0.05, 0.1) is 13.2 Å². The number of halogens is 1. The summed E-state index contributed by atoms with van der Waals surface area (Å²) >= 11 is 5.09. The van der Waals surface area contributed by atoms with Gasteiger partial charge in [-0.2, -0.15) is 0 Å². The molecule has 0 amide bonds. The van der Waals surface area contributed by atoms with Crippen molar-refractivity contribution < 1.29 is 18.7 Å². The first-order valence-electron chi connectivity index (χ1n) is 12.0. The molecule has 0 aliphatic rings. The lowest BCUT2D eigenvalue weighted by Crippen LogP contribution is -2.41.